The van der Waals surface area contributed by atoms with Gasteiger partial charge in [-0.25, -0.2) is 24.9 Å². The smallest absolute Gasteiger partial charge is 0.266 e. The molecule has 0 saturated carbocycles. The van der Waals surface area contributed by atoms with Crippen molar-refractivity contribution in [1.29, 1.82) is 0 Å². The molecule has 6 rings (SSSR count). The van der Waals surface area contributed by atoms with Crippen molar-refractivity contribution in [2.75, 3.05) is 17.2 Å². The third-order valence-electron chi connectivity index (χ3n) is 6.89. The summed E-state index contributed by atoms with van der Waals surface area (Å²) in [5.41, 5.74) is 2.12. The Kier molecular flexibility index (Phi) is 7.37. The van der Waals surface area contributed by atoms with Crippen LogP contribution in [0.1, 0.15) is 45.9 Å². The number of imidazole rings is 1. The number of aromatic nitrogens is 7. The largest absolute Gasteiger partial charge is 0.388 e. The van der Waals surface area contributed by atoms with Gasteiger partial charge in [-0.3, -0.25) is 24.3 Å². The van der Waals surface area contributed by atoms with E-state index in [1.165, 1.54) is 23.0 Å². The van der Waals surface area contributed by atoms with Crippen molar-refractivity contribution >= 4 is 45.4 Å². The van der Waals surface area contributed by atoms with Gasteiger partial charge in [0.05, 0.1) is 45.6 Å². The Morgan fingerprint density at radius 3 is 2.53 bits per heavy atom. The third kappa shape index (κ3) is 5.20. The van der Waals surface area contributed by atoms with Crippen LogP contribution in [0.2, 0.25) is 0 Å². The van der Waals surface area contributed by atoms with Gasteiger partial charge in [-0.1, -0.05) is 31.2 Å². The topological polar surface area (TPSA) is 181 Å². The van der Waals surface area contributed by atoms with Crippen LogP contribution in [0.3, 0.4) is 0 Å². The van der Waals surface area contributed by atoms with Crippen LogP contribution < -0.4 is 16.2 Å². The number of aromatic amines is 1. The number of pyridine rings is 1. The molecule has 13 nitrogen and oxygen atoms in total. The second-order valence-corrected chi connectivity index (χ2v) is 9.54. The number of Topliss-reactive ketones (excluding diaryl/α,β-unsaturated/α-hetero) is 1. The number of rotatable bonds is 9. The number of ketones is 1. The number of benzene rings is 2. The Hall–Kier alpha value is -5.82. The summed E-state index contributed by atoms with van der Waals surface area (Å²) >= 11 is 0. The fourth-order valence-electron chi connectivity index (χ4n) is 4.78. The van der Waals surface area contributed by atoms with E-state index in [0.717, 1.165) is 5.52 Å². The van der Waals surface area contributed by atoms with Gasteiger partial charge < -0.3 is 15.4 Å². The summed E-state index contributed by atoms with van der Waals surface area (Å²) < 4.78 is 1.50. The van der Waals surface area contributed by atoms with E-state index in [-0.39, 0.29) is 22.5 Å². The highest BCUT2D eigenvalue weighted by molar-refractivity contribution is 6.11. The van der Waals surface area contributed by atoms with Crippen molar-refractivity contribution in [3.05, 3.63) is 107 Å². The maximum atomic E-state index is 14.3. The lowest BCUT2D eigenvalue weighted by Crippen LogP contribution is -2.30. The predicted molar refractivity (Wildman–Crippen MR) is 159 cm³/mol. The van der Waals surface area contributed by atoms with Gasteiger partial charge in [0.15, 0.2) is 11.6 Å². The second kappa shape index (κ2) is 11.6. The van der Waals surface area contributed by atoms with E-state index in [1.54, 1.807) is 36.8 Å². The van der Waals surface area contributed by atoms with E-state index in [9.17, 15) is 14.4 Å². The summed E-state index contributed by atoms with van der Waals surface area (Å²) in [5.74, 6) is -0.269. The zero-order valence-electron chi connectivity index (χ0n) is 22.9. The van der Waals surface area contributed by atoms with Crippen LogP contribution in [0.5, 0.6) is 0 Å². The number of hydrogen-bond donors (Lipinski definition) is 4. The first-order valence-electron chi connectivity index (χ1n) is 13.4. The lowest BCUT2D eigenvalue weighted by Gasteiger charge is -2.22. The number of para-hydroxylation sites is 1. The summed E-state index contributed by atoms with van der Waals surface area (Å²) in [4.78, 5) is 64.2. The molecule has 2 aromatic carbocycles. The van der Waals surface area contributed by atoms with Crippen LogP contribution in [0.25, 0.3) is 27.6 Å². The minimum atomic E-state index is -0.683. The molecule has 0 aliphatic carbocycles. The van der Waals surface area contributed by atoms with Crippen molar-refractivity contribution < 1.29 is 14.7 Å². The van der Waals surface area contributed by atoms with Crippen molar-refractivity contribution in [2.24, 2.45) is 0 Å². The van der Waals surface area contributed by atoms with Gasteiger partial charge in [-0.15, -0.1) is 0 Å². The normalized spacial score (nSPS) is 11.9. The second-order valence-electron chi connectivity index (χ2n) is 9.54. The van der Waals surface area contributed by atoms with E-state index < -0.39 is 29.9 Å². The molecule has 1 amide bonds. The maximum absolute atomic E-state index is 14.3. The maximum Gasteiger partial charge on any atom is 0.266 e. The Bertz CT molecular complexity index is 2020. The number of H-pyrrole nitrogens is 1. The summed E-state index contributed by atoms with van der Waals surface area (Å²) in [6, 6.07) is 15.3. The van der Waals surface area contributed by atoms with E-state index >= 15 is 0 Å². The molecule has 0 saturated heterocycles. The van der Waals surface area contributed by atoms with Crippen LogP contribution in [-0.4, -0.2) is 57.9 Å². The third-order valence-corrected chi connectivity index (χ3v) is 6.89. The Morgan fingerprint density at radius 2 is 1.79 bits per heavy atom. The molecule has 1 atom stereocenters. The van der Waals surface area contributed by atoms with Gasteiger partial charge in [0.1, 0.15) is 17.9 Å². The molecule has 4 aromatic heterocycles. The first kappa shape index (κ1) is 27.4. The summed E-state index contributed by atoms with van der Waals surface area (Å²) in [7, 11) is 0. The molecule has 0 bridgehead atoms. The molecule has 0 aliphatic heterocycles. The van der Waals surface area contributed by atoms with Crippen LogP contribution in [0.15, 0.2) is 84.3 Å². The highest BCUT2D eigenvalue weighted by atomic mass is 16.3. The number of carbonyl (C=O) groups excluding carboxylic acids is 2. The monoisotopic (exact) mass is 575 g/mol. The zero-order valence-corrected chi connectivity index (χ0v) is 22.9. The van der Waals surface area contributed by atoms with E-state index in [0.29, 0.717) is 34.8 Å². The Balaban J connectivity index is 1.46. The number of carbonyl (C=O) groups is 2. The first-order valence-corrected chi connectivity index (χ1v) is 13.4. The highest BCUT2D eigenvalue weighted by Gasteiger charge is 2.24. The Morgan fingerprint density at radius 1 is 1.00 bits per heavy atom. The van der Waals surface area contributed by atoms with E-state index in [1.807, 2.05) is 31.2 Å². The van der Waals surface area contributed by atoms with E-state index in [2.05, 4.69) is 35.6 Å². The van der Waals surface area contributed by atoms with Gasteiger partial charge in [0.2, 0.25) is 5.95 Å². The lowest BCUT2D eigenvalue weighted by molar-refractivity contribution is 0.0903. The van der Waals surface area contributed by atoms with Gasteiger partial charge >= 0.3 is 0 Å². The summed E-state index contributed by atoms with van der Waals surface area (Å²) in [6.07, 6.45) is 6.22. The number of aliphatic hydroxyl groups excluding tert-OH is 1. The van der Waals surface area contributed by atoms with Crippen molar-refractivity contribution in [3.63, 3.8) is 0 Å². The van der Waals surface area contributed by atoms with Gasteiger partial charge in [0, 0.05) is 18.6 Å². The minimum Gasteiger partial charge on any atom is -0.388 e. The van der Waals surface area contributed by atoms with Crippen LogP contribution in [-0.2, 0) is 0 Å². The Labute approximate surface area is 243 Å². The SMILES string of the molecule is CC[C@H](Nc1nccc2[nH]cnc12)c1nc2cccc(C(=O)Nc3ncc(C(=O)CO)cn3)c2c(=O)n1-c1ccccc1. The van der Waals surface area contributed by atoms with Crippen LogP contribution in [0.4, 0.5) is 11.8 Å². The van der Waals surface area contributed by atoms with Crippen molar-refractivity contribution in [2.45, 2.75) is 19.4 Å². The number of fused-ring (bicyclic) bond motifs is 2. The molecule has 0 spiro atoms. The summed E-state index contributed by atoms with van der Waals surface area (Å²) in [5, 5.41) is 15.1. The van der Waals surface area contributed by atoms with Crippen LogP contribution >= 0.6 is 0 Å². The molecule has 4 heterocycles. The van der Waals surface area contributed by atoms with E-state index in [4.69, 9.17) is 10.1 Å². The predicted octanol–water partition coefficient (Wildman–Crippen LogP) is 3.44. The number of amides is 1. The molecular weight excluding hydrogens is 550 g/mol. The first-order chi connectivity index (χ1) is 21.0. The zero-order chi connectivity index (χ0) is 29.9. The number of aliphatic hydroxyl groups is 1. The quantitative estimate of drug-likeness (QED) is 0.186. The average molecular weight is 576 g/mol. The standard InChI is InChI=1S/C30H25N9O4/c1-2-20(36-26-25-22(11-12-31-26)34-16-35-25)27-37-21-10-6-9-19(24(21)29(43)39(27)18-7-4-3-5-8-18)28(42)38-30-32-13-17(14-33-30)23(41)15-40/h3-14,16,20,40H,2,15H2,1H3,(H,31,36)(H,34,35)(H,32,33,38,42)/t20-/m0/s1. The number of nitrogens with one attached hydrogen (secondary N) is 3. The van der Waals surface area contributed by atoms with Gasteiger partial charge in [-0.2, -0.15) is 0 Å². The molecule has 4 N–H and O–H groups in total. The molecule has 214 valence electrons. The van der Waals surface area contributed by atoms with Crippen molar-refractivity contribution in [1.82, 2.24) is 34.5 Å². The molecule has 43 heavy (non-hydrogen) atoms. The molecular formula is C30H25N9O4. The summed E-state index contributed by atoms with van der Waals surface area (Å²) in [6.45, 7) is 1.29. The molecule has 0 fully saturated rings. The average Bonchev–Trinajstić information content (AvgIpc) is 3.53. The highest BCUT2D eigenvalue weighted by Crippen LogP contribution is 2.27. The molecule has 0 unspecified atom stereocenters. The van der Waals surface area contributed by atoms with Gasteiger partial charge in [-0.05, 0) is 36.8 Å². The fraction of sp³-hybridized carbons (Fsp3) is 0.133. The molecule has 0 aliphatic rings. The fourth-order valence-corrected chi connectivity index (χ4v) is 4.78. The molecule has 13 heteroatoms. The molecule has 6 aromatic rings. The van der Waals surface area contributed by atoms with Crippen LogP contribution in [0, 0.1) is 0 Å². The van der Waals surface area contributed by atoms with Crippen molar-refractivity contribution in [3.8, 4) is 5.69 Å². The molecule has 0 radical (unpaired) electrons. The number of anilines is 2. The minimum absolute atomic E-state index is 0.0697. The van der Waals surface area contributed by atoms with Gasteiger partial charge in [0.25, 0.3) is 11.5 Å². The lowest BCUT2D eigenvalue weighted by atomic mass is 10.1. The number of nitrogens with zero attached hydrogens (tertiary/aromatic N) is 6. The number of hydrogen-bond acceptors (Lipinski definition) is 10.